The van der Waals surface area contributed by atoms with E-state index in [9.17, 15) is 0 Å². The molecular weight excluding hydrogens is 254 g/mol. The molecule has 2 rings (SSSR count). The number of hydrogen-bond donors (Lipinski definition) is 3. The van der Waals surface area contributed by atoms with Gasteiger partial charge in [-0.2, -0.15) is 10.4 Å². The van der Waals surface area contributed by atoms with Gasteiger partial charge < -0.3 is 10.3 Å². The largest absolute Gasteiger partial charge is 0.382 e. The molecule has 2 aromatic rings. The van der Waals surface area contributed by atoms with Gasteiger partial charge in [-0.1, -0.05) is 6.92 Å². The van der Waals surface area contributed by atoms with Crippen molar-refractivity contribution in [1.82, 2.24) is 9.55 Å². The standard InChI is InChI=1S/C13H15N7/c1-3-12-17-9-6-8(4-5-11(9)20(12)2)18-19-10(7-14)13(15)16/h4-6,18H,3H2,1-2H3,(H3,15,16)/b19-10+. The van der Waals surface area contributed by atoms with Crippen molar-refractivity contribution in [2.24, 2.45) is 17.9 Å². The highest BCUT2D eigenvalue weighted by molar-refractivity contribution is 6.45. The number of hydrazone groups is 1. The monoisotopic (exact) mass is 269 g/mol. The molecule has 0 aliphatic heterocycles. The fraction of sp³-hybridized carbons (Fsp3) is 0.231. The number of nitrogens with zero attached hydrogens (tertiary/aromatic N) is 4. The third kappa shape index (κ3) is 2.44. The van der Waals surface area contributed by atoms with Gasteiger partial charge in [-0.25, -0.2) is 4.98 Å². The number of nitrogens with two attached hydrogens (primary N) is 1. The van der Waals surface area contributed by atoms with Crippen LogP contribution in [0.25, 0.3) is 11.0 Å². The molecule has 0 spiro atoms. The zero-order valence-corrected chi connectivity index (χ0v) is 11.3. The van der Waals surface area contributed by atoms with Gasteiger partial charge in [0.05, 0.1) is 16.7 Å². The molecule has 0 aliphatic rings. The number of amidine groups is 1. The Labute approximate surface area is 116 Å². The van der Waals surface area contributed by atoms with Crippen molar-refractivity contribution in [2.75, 3.05) is 5.43 Å². The molecule has 0 amide bonds. The van der Waals surface area contributed by atoms with Crippen LogP contribution in [-0.4, -0.2) is 21.1 Å². The van der Waals surface area contributed by atoms with Crippen LogP contribution in [0.5, 0.6) is 0 Å². The summed E-state index contributed by atoms with van der Waals surface area (Å²) >= 11 is 0. The lowest BCUT2D eigenvalue weighted by molar-refractivity contribution is 0.829. The van der Waals surface area contributed by atoms with Gasteiger partial charge in [0.25, 0.3) is 0 Å². The molecule has 0 fully saturated rings. The van der Waals surface area contributed by atoms with Crippen molar-refractivity contribution >= 4 is 28.3 Å². The summed E-state index contributed by atoms with van der Waals surface area (Å²) in [5, 5.41) is 19.7. The van der Waals surface area contributed by atoms with Gasteiger partial charge in [0.2, 0.25) is 5.71 Å². The Balaban J connectivity index is 2.33. The average Bonchev–Trinajstić information content (AvgIpc) is 2.75. The fourth-order valence-electron chi connectivity index (χ4n) is 1.90. The normalized spacial score (nSPS) is 11.3. The number of hydrogen-bond acceptors (Lipinski definition) is 5. The van der Waals surface area contributed by atoms with E-state index in [1.165, 1.54) is 0 Å². The van der Waals surface area contributed by atoms with E-state index in [0.29, 0.717) is 5.69 Å². The third-order valence-corrected chi connectivity index (χ3v) is 2.95. The maximum absolute atomic E-state index is 8.76. The number of rotatable bonds is 4. The minimum Gasteiger partial charge on any atom is -0.382 e. The van der Waals surface area contributed by atoms with E-state index in [2.05, 4.69) is 22.4 Å². The molecule has 0 radical (unpaired) electrons. The van der Waals surface area contributed by atoms with E-state index >= 15 is 0 Å². The van der Waals surface area contributed by atoms with Gasteiger partial charge in [-0.05, 0) is 18.2 Å². The molecule has 20 heavy (non-hydrogen) atoms. The number of imidazole rings is 1. The van der Waals surface area contributed by atoms with Crippen LogP contribution in [0.1, 0.15) is 12.7 Å². The van der Waals surface area contributed by atoms with Gasteiger partial charge in [-0.15, -0.1) is 0 Å². The fourth-order valence-corrected chi connectivity index (χ4v) is 1.90. The zero-order chi connectivity index (χ0) is 14.7. The molecule has 4 N–H and O–H groups in total. The van der Waals surface area contributed by atoms with E-state index in [1.807, 2.05) is 29.8 Å². The number of aromatic nitrogens is 2. The number of fused-ring (bicyclic) bond motifs is 1. The predicted octanol–water partition coefficient (Wildman–Crippen LogP) is 1.36. The Morgan fingerprint density at radius 2 is 2.35 bits per heavy atom. The molecule has 0 aliphatic carbocycles. The second-order valence-corrected chi connectivity index (χ2v) is 4.24. The molecule has 1 heterocycles. The van der Waals surface area contributed by atoms with E-state index in [4.69, 9.17) is 16.4 Å². The number of nitrogens with one attached hydrogen (secondary N) is 2. The summed E-state index contributed by atoms with van der Waals surface area (Å²) < 4.78 is 2.04. The first-order chi connectivity index (χ1) is 9.56. The first-order valence-electron chi connectivity index (χ1n) is 6.10. The molecule has 7 heteroatoms. The highest BCUT2D eigenvalue weighted by Crippen LogP contribution is 2.19. The Kier molecular flexibility index (Phi) is 3.66. The molecule has 0 bridgehead atoms. The van der Waals surface area contributed by atoms with Crippen LogP contribution in [0.4, 0.5) is 5.69 Å². The van der Waals surface area contributed by atoms with Crippen LogP contribution >= 0.6 is 0 Å². The van der Waals surface area contributed by atoms with Crippen molar-refractivity contribution in [1.29, 1.82) is 10.7 Å². The van der Waals surface area contributed by atoms with Crippen LogP contribution < -0.4 is 11.2 Å². The van der Waals surface area contributed by atoms with Gasteiger partial charge in [-0.3, -0.25) is 10.8 Å². The topological polar surface area (TPSA) is 116 Å². The van der Waals surface area contributed by atoms with E-state index in [1.54, 1.807) is 6.07 Å². The molecule has 7 nitrogen and oxygen atoms in total. The van der Waals surface area contributed by atoms with Crippen molar-refractivity contribution in [3.63, 3.8) is 0 Å². The first kappa shape index (κ1) is 13.5. The molecule has 0 unspecified atom stereocenters. The lowest BCUT2D eigenvalue weighted by atomic mass is 10.3. The summed E-state index contributed by atoms with van der Waals surface area (Å²) in [6, 6.07) is 7.36. The minimum atomic E-state index is -0.368. The summed E-state index contributed by atoms with van der Waals surface area (Å²) in [5.74, 6) is 0.634. The smallest absolute Gasteiger partial charge is 0.201 e. The summed E-state index contributed by atoms with van der Waals surface area (Å²) in [6.45, 7) is 2.05. The van der Waals surface area contributed by atoms with Crippen LogP contribution in [0.3, 0.4) is 0 Å². The van der Waals surface area contributed by atoms with Crippen LogP contribution in [-0.2, 0) is 13.5 Å². The first-order valence-corrected chi connectivity index (χ1v) is 6.10. The average molecular weight is 269 g/mol. The lowest BCUT2D eigenvalue weighted by Gasteiger charge is -2.02. The van der Waals surface area contributed by atoms with E-state index < -0.39 is 0 Å². The number of aryl methyl sites for hydroxylation is 2. The second kappa shape index (κ2) is 5.40. The summed E-state index contributed by atoms with van der Waals surface area (Å²) in [7, 11) is 1.98. The zero-order valence-electron chi connectivity index (χ0n) is 11.3. The Bertz CT molecular complexity index is 733. The Morgan fingerprint density at radius 3 is 2.95 bits per heavy atom. The van der Waals surface area contributed by atoms with Crippen molar-refractivity contribution in [3.05, 3.63) is 24.0 Å². The Morgan fingerprint density at radius 1 is 1.60 bits per heavy atom. The summed E-state index contributed by atoms with van der Waals surface area (Å²) in [5.41, 5.74) is 10.3. The minimum absolute atomic E-state index is 0.152. The number of nitriles is 1. The highest BCUT2D eigenvalue weighted by Gasteiger charge is 2.07. The predicted molar refractivity (Wildman–Crippen MR) is 78.7 cm³/mol. The van der Waals surface area contributed by atoms with Crippen LogP contribution in [0, 0.1) is 16.7 Å². The van der Waals surface area contributed by atoms with Crippen LogP contribution in [0.2, 0.25) is 0 Å². The second-order valence-electron chi connectivity index (χ2n) is 4.24. The molecule has 0 saturated heterocycles. The van der Waals surface area contributed by atoms with Gasteiger partial charge in [0, 0.05) is 13.5 Å². The molecule has 1 aromatic heterocycles. The number of benzene rings is 1. The SMILES string of the molecule is CCc1nc2cc(N/N=C(\C#N)C(=N)N)ccc2n1C. The quantitative estimate of drug-likeness (QED) is 0.441. The molecule has 0 saturated carbocycles. The van der Waals surface area contributed by atoms with Crippen LogP contribution in [0.15, 0.2) is 23.3 Å². The van der Waals surface area contributed by atoms with Crippen molar-refractivity contribution in [3.8, 4) is 6.07 Å². The lowest BCUT2D eigenvalue weighted by Crippen LogP contribution is -2.21. The highest BCUT2D eigenvalue weighted by atomic mass is 15.3. The summed E-state index contributed by atoms with van der Waals surface area (Å²) in [6.07, 6.45) is 0.856. The maximum Gasteiger partial charge on any atom is 0.201 e. The van der Waals surface area contributed by atoms with Gasteiger partial charge >= 0.3 is 0 Å². The maximum atomic E-state index is 8.76. The molecule has 102 valence electrons. The molecule has 0 atom stereocenters. The van der Waals surface area contributed by atoms with E-state index in [0.717, 1.165) is 23.3 Å². The van der Waals surface area contributed by atoms with Crippen molar-refractivity contribution in [2.45, 2.75) is 13.3 Å². The van der Waals surface area contributed by atoms with E-state index in [-0.39, 0.29) is 11.5 Å². The summed E-state index contributed by atoms with van der Waals surface area (Å²) in [4.78, 5) is 4.52. The van der Waals surface area contributed by atoms with Gasteiger partial charge in [0.1, 0.15) is 11.9 Å². The molecule has 1 aromatic carbocycles. The van der Waals surface area contributed by atoms with Gasteiger partial charge in [0.15, 0.2) is 5.84 Å². The van der Waals surface area contributed by atoms with Crippen molar-refractivity contribution < 1.29 is 0 Å². The number of anilines is 1. The Hall–Kier alpha value is -2.88. The third-order valence-electron chi connectivity index (χ3n) is 2.95. The molecular formula is C13H15N7.